The average molecular weight is 389 g/mol. The summed E-state index contributed by atoms with van der Waals surface area (Å²) >= 11 is 2.22. The number of nitrogens with zero attached hydrogens (tertiary/aromatic N) is 2. The minimum Gasteiger partial charge on any atom is -0.322 e. The van der Waals surface area contributed by atoms with Crippen LogP contribution in [0.4, 0.5) is 5.69 Å². The van der Waals surface area contributed by atoms with Crippen molar-refractivity contribution in [1.82, 2.24) is 9.78 Å². The lowest BCUT2D eigenvalue weighted by Gasteiger charge is -2.07. The Morgan fingerprint density at radius 2 is 1.90 bits per heavy atom. The molecule has 0 radical (unpaired) electrons. The zero-order valence-electron chi connectivity index (χ0n) is 11.0. The molecule has 0 aliphatic heterocycles. The Kier molecular flexibility index (Phi) is 4.01. The summed E-state index contributed by atoms with van der Waals surface area (Å²) < 4.78 is 2.83. The molecule has 0 fully saturated rings. The maximum atomic E-state index is 12.2. The van der Waals surface area contributed by atoms with Crippen LogP contribution in [0.5, 0.6) is 0 Å². The van der Waals surface area contributed by atoms with Gasteiger partial charge >= 0.3 is 0 Å². The fraction of sp³-hybridized carbons (Fsp3) is 0. The normalized spacial score (nSPS) is 10.3. The summed E-state index contributed by atoms with van der Waals surface area (Å²) in [6.07, 6.45) is 3.58. The van der Waals surface area contributed by atoms with Crippen molar-refractivity contribution in [2.45, 2.75) is 0 Å². The van der Waals surface area contributed by atoms with Crippen LogP contribution in [0.3, 0.4) is 0 Å². The van der Waals surface area contributed by atoms with Crippen molar-refractivity contribution >= 4 is 34.2 Å². The molecule has 0 aliphatic carbocycles. The Balaban J connectivity index is 1.76. The Hall–Kier alpha value is -2.15. The second-order valence-corrected chi connectivity index (χ2v) is 5.71. The van der Waals surface area contributed by atoms with Crippen LogP contribution >= 0.6 is 22.6 Å². The van der Waals surface area contributed by atoms with E-state index in [0.29, 0.717) is 5.56 Å². The van der Waals surface area contributed by atoms with E-state index in [2.05, 4.69) is 33.0 Å². The molecular weight excluding hydrogens is 377 g/mol. The van der Waals surface area contributed by atoms with Crippen LogP contribution in [0.25, 0.3) is 5.69 Å². The molecule has 1 heterocycles. The number of nitrogens with one attached hydrogen (secondary N) is 1. The molecule has 3 rings (SSSR count). The molecule has 0 atom stereocenters. The van der Waals surface area contributed by atoms with Gasteiger partial charge in [0.25, 0.3) is 5.91 Å². The van der Waals surface area contributed by atoms with Gasteiger partial charge in [-0.3, -0.25) is 4.79 Å². The van der Waals surface area contributed by atoms with Gasteiger partial charge in [-0.2, -0.15) is 5.10 Å². The highest BCUT2D eigenvalue weighted by atomic mass is 127. The van der Waals surface area contributed by atoms with E-state index in [1.807, 2.05) is 48.7 Å². The van der Waals surface area contributed by atoms with Crippen LogP contribution in [0.2, 0.25) is 0 Å². The van der Waals surface area contributed by atoms with Crippen molar-refractivity contribution in [3.05, 3.63) is 76.1 Å². The van der Waals surface area contributed by atoms with Crippen LogP contribution in [-0.4, -0.2) is 15.7 Å². The highest BCUT2D eigenvalue weighted by Crippen LogP contribution is 2.14. The third-order valence-electron chi connectivity index (χ3n) is 2.98. The van der Waals surface area contributed by atoms with Crippen LogP contribution < -0.4 is 5.32 Å². The number of halogens is 1. The van der Waals surface area contributed by atoms with E-state index in [-0.39, 0.29) is 5.91 Å². The summed E-state index contributed by atoms with van der Waals surface area (Å²) in [5, 5.41) is 7.04. The summed E-state index contributed by atoms with van der Waals surface area (Å²) in [6, 6.07) is 16.9. The third kappa shape index (κ3) is 3.30. The Labute approximate surface area is 135 Å². The van der Waals surface area contributed by atoms with Crippen LogP contribution in [-0.2, 0) is 0 Å². The van der Waals surface area contributed by atoms with E-state index in [1.54, 1.807) is 23.0 Å². The van der Waals surface area contributed by atoms with Gasteiger partial charge in [-0.25, -0.2) is 4.68 Å². The van der Waals surface area contributed by atoms with Gasteiger partial charge in [0.1, 0.15) is 0 Å². The first kappa shape index (κ1) is 13.8. The number of carbonyl (C=O) groups is 1. The number of benzene rings is 2. The summed E-state index contributed by atoms with van der Waals surface area (Å²) in [6.45, 7) is 0. The zero-order chi connectivity index (χ0) is 14.7. The quantitative estimate of drug-likeness (QED) is 0.694. The lowest BCUT2D eigenvalue weighted by atomic mass is 10.2. The summed E-state index contributed by atoms with van der Waals surface area (Å²) in [4.78, 5) is 12.2. The van der Waals surface area contributed by atoms with E-state index in [4.69, 9.17) is 0 Å². The van der Waals surface area contributed by atoms with E-state index in [1.165, 1.54) is 0 Å². The molecule has 2 aromatic carbocycles. The molecule has 1 amide bonds. The van der Waals surface area contributed by atoms with Gasteiger partial charge in [0.15, 0.2) is 0 Å². The summed E-state index contributed by atoms with van der Waals surface area (Å²) in [5.41, 5.74) is 2.33. The number of anilines is 1. The number of carbonyl (C=O) groups excluding carboxylic acids is 1. The number of aromatic nitrogens is 2. The van der Waals surface area contributed by atoms with Crippen LogP contribution in [0, 0.1) is 3.57 Å². The van der Waals surface area contributed by atoms with Crippen molar-refractivity contribution in [3.8, 4) is 5.69 Å². The van der Waals surface area contributed by atoms with Gasteiger partial charge < -0.3 is 5.32 Å². The highest BCUT2D eigenvalue weighted by Gasteiger charge is 2.06. The molecule has 0 saturated heterocycles. The van der Waals surface area contributed by atoms with Crippen molar-refractivity contribution in [3.63, 3.8) is 0 Å². The molecule has 1 N–H and O–H groups in total. The Bertz CT molecular complexity index is 751. The third-order valence-corrected chi connectivity index (χ3v) is 3.65. The SMILES string of the molecule is O=C(Nc1cccc(I)c1)c1ccc(-n2cccn2)cc1. The van der Waals surface area contributed by atoms with Gasteiger partial charge in [-0.05, 0) is 71.1 Å². The fourth-order valence-corrected chi connectivity index (χ4v) is 2.50. The largest absolute Gasteiger partial charge is 0.322 e. The molecule has 4 nitrogen and oxygen atoms in total. The van der Waals surface area contributed by atoms with Crippen molar-refractivity contribution in [2.75, 3.05) is 5.32 Å². The van der Waals surface area contributed by atoms with E-state index >= 15 is 0 Å². The smallest absolute Gasteiger partial charge is 0.255 e. The van der Waals surface area contributed by atoms with Gasteiger partial charge in [-0.15, -0.1) is 0 Å². The molecule has 104 valence electrons. The lowest BCUT2D eigenvalue weighted by molar-refractivity contribution is 0.102. The van der Waals surface area contributed by atoms with E-state index in [9.17, 15) is 4.79 Å². The molecule has 21 heavy (non-hydrogen) atoms. The molecular formula is C16H12IN3O. The molecule has 0 unspecified atom stereocenters. The molecule has 5 heteroatoms. The minimum atomic E-state index is -0.121. The van der Waals surface area contributed by atoms with Gasteiger partial charge in [0.05, 0.1) is 5.69 Å². The zero-order valence-corrected chi connectivity index (χ0v) is 13.2. The molecule has 1 aromatic heterocycles. The topological polar surface area (TPSA) is 46.9 Å². The standard InChI is InChI=1S/C16H12IN3O/c17-13-3-1-4-14(11-13)19-16(21)12-5-7-15(8-6-12)20-10-2-9-18-20/h1-11H,(H,19,21). The predicted molar refractivity (Wildman–Crippen MR) is 90.7 cm³/mol. The lowest BCUT2D eigenvalue weighted by Crippen LogP contribution is -2.12. The maximum absolute atomic E-state index is 12.2. The van der Waals surface area contributed by atoms with Crippen molar-refractivity contribution in [2.24, 2.45) is 0 Å². The average Bonchev–Trinajstić information content (AvgIpc) is 3.01. The van der Waals surface area contributed by atoms with Crippen molar-refractivity contribution < 1.29 is 4.79 Å². The van der Waals surface area contributed by atoms with E-state index < -0.39 is 0 Å². The van der Waals surface area contributed by atoms with Crippen LogP contribution in [0.15, 0.2) is 67.0 Å². The molecule has 3 aromatic rings. The first-order chi connectivity index (χ1) is 10.2. The number of rotatable bonds is 3. The maximum Gasteiger partial charge on any atom is 0.255 e. The molecule has 0 saturated carbocycles. The summed E-state index contributed by atoms with van der Waals surface area (Å²) in [7, 11) is 0. The van der Waals surface area contributed by atoms with Gasteiger partial charge in [0.2, 0.25) is 0 Å². The van der Waals surface area contributed by atoms with Crippen molar-refractivity contribution in [1.29, 1.82) is 0 Å². The fourth-order valence-electron chi connectivity index (χ4n) is 1.96. The minimum absolute atomic E-state index is 0.121. The predicted octanol–water partition coefficient (Wildman–Crippen LogP) is 3.73. The summed E-state index contributed by atoms with van der Waals surface area (Å²) in [5.74, 6) is -0.121. The first-order valence-corrected chi connectivity index (χ1v) is 7.47. The monoisotopic (exact) mass is 389 g/mol. The van der Waals surface area contributed by atoms with Gasteiger partial charge in [0, 0.05) is 27.2 Å². The molecule has 0 bridgehead atoms. The number of hydrogen-bond acceptors (Lipinski definition) is 2. The Morgan fingerprint density at radius 1 is 1.10 bits per heavy atom. The molecule has 0 aliphatic rings. The number of hydrogen-bond donors (Lipinski definition) is 1. The first-order valence-electron chi connectivity index (χ1n) is 6.39. The number of amides is 1. The van der Waals surface area contributed by atoms with Crippen LogP contribution in [0.1, 0.15) is 10.4 Å². The second kappa shape index (κ2) is 6.09. The second-order valence-electron chi connectivity index (χ2n) is 4.46. The Morgan fingerprint density at radius 3 is 2.57 bits per heavy atom. The highest BCUT2D eigenvalue weighted by molar-refractivity contribution is 14.1. The molecule has 0 spiro atoms. The van der Waals surface area contributed by atoms with Gasteiger partial charge in [-0.1, -0.05) is 6.07 Å². The van der Waals surface area contributed by atoms with E-state index in [0.717, 1.165) is 14.9 Å².